The monoisotopic (exact) mass is 825 g/mol. The summed E-state index contributed by atoms with van der Waals surface area (Å²) >= 11 is 1.81. The number of H-pyrrole nitrogens is 1. The number of amides is 3. The summed E-state index contributed by atoms with van der Waals surface area (Å²) in [6.07, 6.45) is 7.26. The van der Waals surface area contributed by atoms with Crippen molar-refractivity contribution in [1.82, 2.24) is 25.0 Å². The lowest BCUT2D eigenvalue weighted by molar-refractivity contribution is -0.136. The summed E-state index contributed by atoms with van der Waals surface area (Å²) in [5.41, 5.74) is 8.79. The second kappa shape index (κ2) is 16.5. The lowest BCUT2D eigenvalue weighted by Crippen LogP contribution is -2.53. The first-order valence-electron chi connectivity index (χ1n) is 21.9. The van der Waals surface area contributed by atoms with Gasteiger partial charge in [-0.2, -0.15) is 5.26 Å². The molecule has 12 heteroatoms. The first-order chi connectivity index (χ1) is 29.0. The Kier molecular flexibility index (Phi) is 11.1. The molecule has 2 N–H and O–H groups in total. The van der Waals surface area contributed by atoms with Crippen molar-refractivity contribution in [3.05, 3.63) is 93.2 Å². The molecule has 1 aliphatic carbocycles. The summed E-state index contributed by atoms with van der Waals surface area (Å²) in [4.78, 5) is 65.7. The van der Waals surface area contributed by atoms with Crippen LogP contribution in [-0.2, 0) is 28.0 Å². The number of hydrogen-bond acceptors (Lipinski definition) is 9. The number of aromatic amines is 1. The Morgan fingerprint density at radius 1 is 0.900 bits per heavy atom. The van der Waals surface area contributed by atoms with Crippen LogP contribution in [0.3, 0.4) is 0 Å². The third-order valence-electron chi connectivity index (χ3n) is 13.9. The molecule has 5 aliphatic rings. The van der Waals surface area contributed by atoms with Crippen molar-refractivity contribution in [2.75, 3.05) is 56.5 Å². The number of imide groups is 1. The van der Waals surface area contributed by atoms with Crippen LogP contribution in [0, 0.1) is 11.3 Å². The molecule has 60 heavy (non-hydrogen) atoms. The molecule has 5 heterocycles. The Morgan fingerprint density at radius 2 is 1.70 bits per heavy atom. The molecule has 0 spiro atoms. The van der Waals surface area contributed by atoms with Crippen molar-refractivity contribution in [2.45, 2.75) is 101 Å². The first kappa shape index (κ1) is 40.4. The van der Waals surface area contributed by atoms with E-state index < -0.39 is 11.5 Å². The maximum absolute atomic E-state index is 14.1. The van der Waals surface area contributed by atoms with Gasteiger partial charge in [0.1, 0.15) is 6.04 Å². The van der Waals surface area contributed by atoms with E-state index in [-0.39, 0.29) is 29.9 Å². The van der Waals surface area contributed by atoms with Gasteiger partial charge in [-0.05, 0) is 104 Å². The fourth-order valence-electron chi connectivity index (χ4n) is 10.5. The van der Waals surface area contributed by atoms with E-state index in [9.17, 15) is 24.4 Å². The van der Waals surface area contributed by atoms with E-state index in [0.29, 0.717) is 30.1 Å². The van der Waals surface area contributed by atoms with Gasteiger partial charge in [-0.25, -0.2) is 0 Å². The zero-order valence-electron chi connectivity index (χ0n) is 35.1. The van der Waals surface area contributed by atoms with Crippen LogP contribution in [0.25, 0.3) is 10.9 Å². The Hall–Kier alpha value is -4.96. The number of aromatic nitrogens is 1. The number of aryl methyl sites for hydroxylation is 1. The number of thioether (sulfide) groups is 1. The number of hydrogen-bond donors (Lipinski definition) is 2. The van der Waals surface area contributed by atoms with E-state index in [2.05, 4.69) is 70.0 Å². The summed E-state index contributed by atoms with van der Waals surface area (Å²) < 4.78 is 0. The summed E-state index contributed by atoms with van der Waals surface area (Å²) in [5, 5.41) is 12.8. The van der Waals surface area contributed by atoms with Crippen LogP contribution in [0.1, 0.15) is 120 Å². The topological polar surface area (TPSA) is 133 Å². The molecule has 3 fully saturated rings. The Bertz CT molecular complexity index is 2420. The lowest BCUT2D eigenvalue weighted by Gasteiger charge is -2.44. The second-order valence-corrected chi connectivity index (χ2v) is 18.9. The van der Waals surface area contributed by atoms with Crippen molar-refractivity contribution < 1.29 is 19.2 Å². The maximum Gasteiger partial charge on any atom is 0.255 e. The molecular weight excluding hydrogens is 771 g/mol. The van der Waals surface area contributed by atoms with Gasteiger partial charge in [0.05, 0.1) is 17.2 Å². The van der Waals surface area contributed by atoms with Gasteiger partial charge in [-0.15, -0.1) is 11.8 Å². The molecule has 312 valence electrons. The van der Waals surface area contributed by atoms with Crippen LogP contribution in [0.5, 0.6) is 0 Å². The maximum atomic E-state index is 14.1. The van der Waals surface area contributed by atoms with Crippen LogP contribution >= 0.6 is 11.8 Å². The highest BCUT2D eigenvalue weighted by Gasteiger charge is 2.42. The summed E-state index contributed by atoms with van der Waals surface area (Å²) in [6, 6.07) is 18.2. The average Bonchev–Trinajstić information content (AvgIpc) is 3.82. The van der Waals surface area contributed by atoms with E-state index >= 15 is 0 Å². The quantitative estimate of drug-likeness (QED) is 0.0955. The summed E-state index contributed by atoms with van der Waals surface area (Å²) in [5.74, 6) is 0.312. The highest BCUT2D eigenvalue weighted by atomic mass is 32.2. The third kappa shape index (κ3) is 7.32. The number of benzene rings is 3. The van der Waals surface area contributed by atoms with Crippen LogP contribution in [0.2, 0.25) is 0 Å². The number of rotatable bonds is 11. The third-order valence-corrected chi connectivity index (χ3v) is 15.1. The number of anilines is 1. The normalized spacial score (nSPS) is 20.9. The van der Waals surface area contributed by atoms with Gasteiger partial charge in [0, 0.05) is 102 Å². The van der Waals surface area contributed by atoms with E-state index in [0.717, 1.165) is 121 Å². The first-order valence-corrected chi connectivity index (χ1v) is 22.9. The number of piperidine rings is 2. The number of nitrogens with zero attached hydrogens (tertiary/aromatic N) is 5. The van der Waals surface area contributed by atoms with Gasteiger partial charge >= 0.3 is 0 Å². The predicted octanol–water partition coefficient (Wildman–Crippen LogP) is 6.78. The highest BCUT2D eigenvalue weighted by molar-refractivity contribution is 7.99. The van der Waals surface area contributed by atoms with Crippen molar-refractivity contribution >= 4 is 51.9 Å². The fraction of sp³-hybridized carbons (Fsp3) is 0.479. The zero-order chi connectivity index (χ0) is 41.7. The molecule has 1 unspecified atom stereocenters. The SMILES string of the molecule is CCc1cc2c(cc1N1CCC(N3CCN(CCCCCSc4cccc5c4CN(C4CCC(=O)NC4=O)C5=O)CC3)CC1)C(C)(C)c1[nH]c3cc(C#N)ccc3c1C2=O. The van der Waals surface area contributed by atoms with Crippen molar-refractivity contribution in [2.24, 2.45) is 0 Å². The van der Waals surface area contributed by atoms with Crippen LogP contribution in [-0.4, -0.2) is 107 Å². The molecule has 1 aromatic heterocycles. The number of carbonyl (C=O) groups excluding carboxylic acids is 4. The minimum Gasteiger partial charge on any atom is -0.371 e. The molecule has 4 aromatic rings. The van der Waals surface area contributed by atoms with Gasteiger partial charge in [-0.1, -0.05) is 39.3 Å². The molecule has 11 nitrogen and oxygen atoms in total. The van der Waals surface area contributed by atoms with Gasteiger partial charge in [0.25, 0.3) is 5.91 Å². The van der Waals surface area contributed by atoms with Crippen LogP contribution in [0.4, 0.5) is 5.69 Å². The van der Waals surface area contributed by atoms with Crippen LogP contribution < -0.4 is 10.2 Å². The number of ketones is 1. The van der Waals surface area contributed by atoms with Crippen LogP contribution in [0.15, 0.2) is 53.4 Å². The zero-order valence-corrected chi connectivity index (χ0v) is 35.9. The van der Waals surface area contributed by atoms with Gasteiger partial charge in [-0.3, -0.25) is 29.4 Å². The molecule has 3 aromatic carbocycles. The van der Waals surface area contributed by atoms with E-state index in [1.807, 2.05) is 24.3 Å². The van der Waals surface area contributed by atoms with Crippen molar-refractivity contribution in [3.63, 3.8) is 0 Å². The number of unbranched alkanes of at least 4 members (excludes halogenated alkanes) is 2. The molecule has 3 amide bonds. The van der Waals surface area contributed by atoms with E-state index in [1.54, 1.807) is 22.7 Å². The largest absolute Gasteiger partial charge is 0.371 e. The summed E-state index contributed by atoms with van der Waals surface area (Å²) in [7, 11) is 0. The van der Waals surface area contributed by atoms with Crippen molar-refractivity contribution in [3.8, 4) is 6.07 Å². The molecule has 0 bridgehead atoms. The molecule has 0 saturated carbocycles. The molecule has 9 rings (SSSR count). The Balaban J connectivity index is 0.733. The van der Waals surface area contributed by atoms with Gasteiger partial charge in [0.2, 0.25) is 11.8 Å². The Morgan fingerprint density at radius 3 is 2.45 bits per heavy atom. The van der Waals surface area contributed by atoms with Gasteiger partial charge in [0.15, 0.2) is 5.78 Å². The summed E-state index contributed by atoms with van der Waals surface area (Å²) in [6.45, 7) is 14.7. The molecule has 1 atom stereocenters. The lowest BCUT2D eigenvalue weighted by atomic mass is 9.70. The molecular formula is C48H55N7O4S. The number of fused-ring (bicyclic) bond motifs is 5. The molecule has 0 radical (unpaired) electrons. The van der Waals surface area contributed by atoms with E-state index in [1.165, 1.54) is 24.1 Å². The number of piperazine rings is 1. The van der Waals surface area contributed by atoms with E-state index in [4.69, 9.17) is 0 Å². The predicted molar refractivity (Wildman–Crippen MR) is 235 cm³/mol. The number of nitriles is 1. The average molecular weight is 826 g/mol. The number of nitrogens with one attached hydrogen (secondary N) is 2. The number of carbonyl (C=O) groups is 4. The highest BCUT2D eigenvalue weighted by Crippen LogP contribution is 2.46. The van der Waals surface area contributed by atoms with Crippen molar-refractivity contribution in [1.29, 1.82) is 5.26 Å². The second-order valence-electron chi connectivity index (χ2n) is 17.8. The minimum atomic E-state index is -0.585. The molecule has 3 saturated heterocycles. The minimum absolute atomic E-state index is 0.0710. The smallest absolute Gasteiger partial charge is 0.255 e. The molecule has 4 aliphatic heterocycles. The Labute approximate surface area is 356 Å². The fourth-order valence-corrected chi connectivity index (χ4v) is 11.6. The standard InChI is InChI=1S/C48H55N7O4S/c1-4-31-26-35-37(48(2,3)45-43(44(35)57)34-12-11-30(28-49)25-38(34)50-45)27-40(31)54-18-15-32(16-19-54)53-22-20-52(21-23-53)17-6-5-7-24-60-41-10-8-9-33-36(41)29-55(47(33)59)39-13-14-42(56)51-46(39)58/h8-12,25-27,32,39,50H,4-7,13-24,29H2,1-3H3,(H,51,56,58). The van der Waals surface area contributed by atoms with Gasteiger partial charge < -0.3 is 19.7 Å².